The van der Waals surface area contributed by atoms with Gasteiger partial charge in [-0.15, -0.1) is 0 Å². The summed E-state index contributed by atoms with van der Waals surface area (Å²) in [5.74, 6) is -1.90. The van der Waals surface area contributed by atoms with Crippen LogP contribution in [0.1, 0.15) is 54.2 Å². The number of nitrogens with one attached hydrogen (secondary N) is 2. The third-order valence-corrected chi connectivity index (χ3v) is 6.61. The molecule has 182 valence electrons. The number of rotatable bonds is 8. The standard InChI is InChI=1S/C26H28N4O5/c1-4-26(5-2,24(33)27-21-14-30(3)29-22(21)23(31)32)28-25(34)35-15-20-18-12-8-6-10-16(18)17-11-7-9-13-19(17)20/h6-14,20H,4-5,15H2,1-3H3,(H,27,33)(H,28,34)(H,31,32). The summed E-state index contributed by atoms with van der Waals surface area (Å²) in [4.78, 5) is 37.5. The molecule has 3 N–H and O–H groups in total. The highest BCUT2D eigenvalue weighted by Gasteiger charge is 2.38. The van der Waals surface area contributed by atoms with Crippen molar-refractivity contribution in [2.45, 2.75) is 38.1 Å². The average molecular weight is 477 g/mol. The maximum atomic E-state index is 13.2. The number of alkyl carbamates (subject to hydrolysis) is 1. The molecule has 4 rings (SSSR count). The van der Waals surface area contributed by atoms with Crippen molar-refractivity contribution in [3.05, 3.63) is 71.5 Å². The summed E-state index contributed by atoms with van der Waals surface area (Å²) in [5.41, 5.74) is 2.93. The number of aryl methyl sites for hydroxylation is 1. The molecule has 0 atom stereocenters. The number of fused-ring (bicyclic) bond motifs is 3. The average Bonchev–Trinajstić information content (AvgIpc) is 3.38. The molecule has 0 spiro atoms. The van der Waals surface area contributed by atoms with Crippen LogP contribution in [0.15, 0.2) is 54.7 Å². The third-order valence-electron chi connectivity index (χ3n) is 6.61. The van der Waals surface area contributed by atoms with Gasteiger partial charge >= 0.3 is 12.1 Å². The molecule has 9 nitrogen and oxygen atoms in total. The quantitative estimate of drug-likeness (QED) is 0.449. The van der Waals surface area contributed by atoms with E-state index >= 15 is 0 Å². The van der Waals surface area contributed by atoms with Gasteiger partial charge in [0.05, 0.1) is 5.69 Å². The Morgan fingerprint density at radius 3 is 2.14 bits per heavy atom. The number of ether oxygens (including phenoxy) is 1. The van der Waals surface area contributed by atoms with E-state index in [2.05, 4.69) is 27.9 Å². The van der Waals surface area contributed by atoms with Crippen LogP contribution in [0.2, 0.25) is 0 Å². The molecular formula is C26H28N4O5. The van der Waals surface area contributed by atoms with Crippen molar-refractivity contribution in [1.82, 2.24) is 15.1 Å². The molecule has 0 aliphatic heterocycles. The molecular weight excluding hydrogens is 448 g/mol. The van der Waals surface area contributed by atoms with Crippen molar-refractivity contribution in [2.24, 2.45) is 7.05 Å². The molecule has 3 aromatic rings. The Morgan fingerprint density at radius 2 is 1.60 bits per heavy atom. The number of aromatic carboxylic acids is 1. The van der Waals surface area contributed by atoms with Crippen LogP contribution in [0.25, 0.3) is 11.1 Å². The number of benzene rings is 2. The lowest BCUT2D eigenvalue weighted by Crippen LogP contribution is -2.56. The Labute approximate surface area is 203 Å². The van der Waals surface area contributed by atoms with Crippen LogP contribution in [0.4, 0.5) is 10.5 Å². The molecule has 0 fully saturated rings. The minimum atomic E-state index is -1.28. The second kappa shape index (κ2) is 9.61. The second-order valence-corrected chi connectivity index (χ2v) is 8.56. The minimum absolute atomic E-state index is 0.0608. The molecule has 1 aliphatic carbocycles. The predicted octanol–water partition coefficient (Wildman–Crippen LogP) is 4.15. The summed E-state index contributed by atoms with van der Waals surface area (Å²) >= 11 is 0. The van der Waals surface area contributed by atoms with Gasteiger partial charge in [0, 0.05) is 19.2 Å². The molecule has 1 aromatic heterocycles. The van der Waals surface area contributed by atoms with Gasteiger partial charge in [0.1, 0.15) is 12.1 Å². The zero-order valence-corrected chi connectivity index (χ0v) is 19.9. The maximum Gasteiger partial charge on any atom is 0.408 e. The molecule has 2 amide bonds. The summed E-state index contributed by atoms with van der Waals surface area (Å²) in [6.45, 7) is 3.67. The fourth-order valence-corrected chi connectivity index (χ4v) is 4.61. The smallest absolute Gasteiger partial charge is 0.408 e. The molecule has 2 aromatic carbocycles. The Hall–Kier alpha value is -4.14. The van der Waals surface area contributed by atoms with Crippen molar-refractivity contribution in [2.75, 3.05) is 11.9 Å². The lowest BCUT2D eigenvalue weighted by molar-refractivity contribution is -0.122. The summed E-state index contributed by atoms with van der Waals surface area (Å²) in [6, 6.07) is 16.1. The molecule has 0 unspecified atom stereocenters. The second-order valence-electron chi connectivity index (χ2n) is 8.56. The van der Waals surface area contributed by atoms with Crippen molar-refractivity contribution in [3.8, 4) is 11.1 Å². The van der Waals surface area contributed by atoms with Crippen LogP contribution >= 0.6 is 0 Å². The number of hydrogen-bond donors (Lipinski definition) is 3. The molecule has 0 bridgehead atoms. The molecule has 1 heterocycles. The first-order valence-electron chi connectivity index (χ1n) is 11.5. The summed E-state index contributed by atoms with van der Waals surface area (Å²) in [6.07, 6.45) is 1.25. The number of carboxylic acids is 1. The predicted molar refractivity (Wildman–Crippen MR) is 130 cm³/mol. The van der Waals surface area contributed by atoms with Crippen molar-refractivity contribution in [3.63, 3.8) is 0 Å². The Bertz CT molecular complexity index is 1230. The van der Waals surface area contributed by atoms with Crippen LogP contribution in [0.5, 0.6) is 0 Å². The Balaban J connectivity index is 1.48. The normalized spacial score (nSPS) is 12.5. The van der Waals surface area contributed by atoms with Crippen LogP contribution < -0.4 is 10.6 Å². The zero-order valence-electron chi connectivity index (χ0n) is 19.9. The largest absolute Gasteiger partial charge is 0.476 e. The van der Waals surface area contributed by atoms with Gasteiger partial charge in [-0.05, 0) is 35.1 Å². The fraction of sp³-hybridized carbons (Fsp3) is 0.308. The number of carbonyl (C=O) groups is 3. The van der Waals surface area contributed by atoms with E-state index < -0.39 is 23.5 Å². The first kappa shape index (κ1) is 24.0. The minimum Gasteiger partial charge on any atom is -0.476 e. The molecule has 0 saturated heterocycles. The van der Waals surface area contributed by atoms with E-state index in [1.807, 2.05) is 36.4 Å². The molecule has 9 heteroatoms. The summed E-state index contributed by atoms with van der Waals surface area (Å²) < 4.78 is 6.93. The monoisotopic (exact) mass is 476 g/mol. The zero-order chi connectivity index (χ0) is 25.2. The number of nitrogens with zero attached hydrogens (tertiary/aromatic N) is 2. The van der Waals surface area contributed by atoms with E-state index in [0.717, 1.165) is 22.3 Å². The lowest BCUT2D eigenvalue weighted by atomic mass is 9.91. The fourth-order valence-electron chi connectivity index (χ4n) is 4.61. The van der Waals surface area contributed by atoms with Gasteiger partial charge in [-0.1, -0.05) is 62.4 Å². The molecule has 0 radical (unpaired) electrons. The van der Waals surface area contributed by atoms with Gasteiger partial charge in [0.2, 0.25) is 5.91 Å². The number of aromatic nitrogens is 2. The van der Waals surface area contributed by atoms with E-state index in [-0.39, 0.29) is 36.7 Å². The van der Waals surface area contributed by atoms with Gasteiger partial charge in [-0.25, -0.2) is 9.59 Å². The van der Waals surface area contributed by atoms with Crippen LogP contribution in [-0.2, 0) is 16.6 Å². The van der Waals surface area contributed by atoms with E-state index in [1.54, 1.807) is 20.9 Å². The van der Waals surface area contributed by atoms with E-state index in [4.69, 9.17) is 4.74 Å². The third kappa shape index (κ3) is 4.49. The maximum absolute atomic E-state index is 13.2. The van der Waals surface area contributed by atoms with Crippen LogP contribution in [-0.4, -0.2) is 45.0 Å². The van der Waals surface area contributed by atoms with Gasteiger partial charge in [-0.3, -0.25) is 9.48 Å². The topological polar surface area (TPSA) is 123 Å². The van der Waals surface area contributed by atoms with E-state index in [1.165, 1.54) is 10.9 Å². The number of carbonyl (C=O) groups excluding carboxylic acids is 2. The first-order chi connectivity index (χ1) is 16.8. The number of carboxylic acid groups (broad SMARTS) is 1. The van der Waals surface area contributed by atoms with Gasteiger partial charge in [0.25, 0.3) is 0 Å². The lowest BCUT2D eigenvalue weighted by Gasteiger charge is -2.31. The summed E-state index contributed by atoms with van der Waals surface area (Å²) in [7, 11) is 1.56. The number of amides is 2. The highest BCUT2D eigenvalue weighted by Crippen LogP contribution is 2.44. The van der Waals surface area contributed by atoms with Gasteiger partial charge < -0.3 is 20.5 Å². The highest BCUT2D eigenvalue weighted by atomic mass is 16.5. The van der Waals surface area contributed by atoms with E-state index in [9.17, 15) is 19.5 Å². The Morgan fingerprint density at radius 1 is 1.03 bits per heavy atom. The van der Waals surface area contributed by atoms with Crippen LogP contribution in [0.3, 0.4) is 0 Å². The summed E-state index contributed by atoms with van der Waals surface area (Å²) in [5, 5.41) is 18.5. The SMILES string of the molecule is CCC(CC)(NC(=O)OCC1c2ccccc2-c2ccccc21)C(=O)Nc1cn(C)nc1C(=O)O. The van der Waals surface area contributed by atoms with Crippen molar-refractivity contribution >= 4 is 23.7 Å². The Kier molecular flexibility index (Phi) is 6.59. The first-order valence-corrected chi connectivity index (χ1v) is 11.5. The molecule has 0 saturated carbocycles. The van der Waals surface area contributed by atoms with Crippen molar-refractivity contribution < 1.29 is 24.2 Å². The van der Waals surface area contributed by atoms with Gasteiger partial charge in [-0.2, -0.15) is 5.10 Å². The van der Waals surface area contributed by atoms with Crippen molar-refractivity contribution in [1.29, 1.82) is 0 Å². The highest BCUT2D eigenvalue weighted by molar-refractivity contribution is 6.03. The molecule has 1 aliphatic rings. The van der Waals surface area contributed by atoms with Crippen LogP contribution in [0, 0.1) is 0 Å². The number of anilines is 1. The molecule has 35 heavy (non-hydrogen) atoms. The number of hydrogen-bond acceptors (Lipinski definition) is 5. The van der Waals surface area contributed by atoms with Gasteiger partial charge in [0.15, 0.2) is 5.69 Å². The van der Waals surface area contributed by atoms with E-state index in [0.29, 0.717) is 0 Å².